The first-order valence-electron chi connectivity index (χ1n) is 5.25. The van der Waals surface area contributed by atoms with Gasteiger partial charge in [0.2, 0.25) is 0 Å². The first-order valence-corrected chi connectivity index (χ1v) is 8.08. The lowest BCUT2D eigenvalue weighted by molar-refractivity contribution is 0.687. The third kappa shape index (κ3) is 3.33. The van der Waals surface area contributed by atoms with E-state index in [1.807, 2.05) is 0 Å². The van der Waals surface area contributed by atoms with Gasteiger partial charge in [-0.05, 0) is 49.1 Å². The molecule has 0 amide bonds. The van der Waals surface area contributed by atoms with Gasteiger partial charge in [-0.25, -0.2) is 0 Å². The molecular formula is C12H18ClNS2. The van der Waals surface area contributed by atoms with Gasteiger partial charge in [-0.1, -0.05) is 18.5 Å². The van der Waals surface area contributed by atoms with Crippen LogP contribution in [0.2, 0.25) is 5.02 Å². The number of hydrogen-bond donors (Lipinski definition) is 1. The summed E-state index contributed by atoms with van der Waals surface area (Å²) < 4.78 is 0. The number of thioether (sulfide) groups is 2. The molecule has 0 heterocycles. The van der Waals surface area contributed by atoms with Crippen LogP contribution in [0.3, 0.4) is 0 Å². The third-order valence-electron chi connectivity index (χ3n) is 2.62. The molecule has 0 aromatic heterocycles. The lowest BCUT2D eigenvalue weighted by atomic mass is 9.98. The minimum Gasteiger partial charge on any atom is -0.330 e. The number of halogens is 1. The first kappa shape index (κ1) is 14.2. The van der Waals surface area contributed by atoms with E-state index in [0.29, 0.717) is 5.92 Å². The molecule has 0 aliphatic rings. The van der Waals surface area contributed by atoms with Crippen LogP contribution in [0.4, 0.5) is 0 Å². The van der Waals surface area contributed by atoms with Crippen molar-refractivity contribution >= 4 is 35.1 Å². The van der Waals surface area contributed by atoms with E-state index in [4.69, 9.17) is 17.3 Å². The van der Waals surface area contributed by atoms with E-state index in [9.17, 15) is 0 Å². The van der Waals surface area contributed by atoms with Crippen LogP contribution in [0.5, 0.6) is 0 Å². The Morgan fingerprint density at radius 2 is 2.00 bits per heavy atom. The summed E-state index contributed by atoms with van der Waals surface area (Å²) in [5.41, 5.74) is 6.88. The second-order valence-corrected chi connectivity index (χ2v) is 5.79. The predicted molar refractivity (Wildman–Crippen MR) is 77.1 cm³/mol. The van der Waals surface area contributed by atoms with E-state index >= 15 is 0 Å². The van der Waals surface area contributed by atoms with Crippen LogP contribution in [-0.4, -0.2) is 19.1 Å². The van der Waals surface area contributed by atoms with Crippen molar-refractivity contribution in [3.63, 3.8) is 0 Å². The molecule has 1 aromatic rings. The van der Waals surface area contributed by atoms with Crippen molar-refractivity contribution in [1.82, 2.24) is 0 Å². The van der Waals surface area contributed by atoms with E-state index in [1.54, 1.807) is 23.5 Å². The summed E-state index contributed by atoms with van der Waals surface area (Å²) in [7, 11) is 0. The molecule has 1 unspecified atom stereocenters. The van der Waals surface area contributed by atoms with Crippen LogP contribution >= 0.6 is 35.1 Å². The molecule has 0 fully saturated rings. The molecule has 0 bridgehead atoms. The average Bonchev–Trinajstić information content (AvgIpc) is 2.28. The lowest BCUT2D eigenvalue weighted by Crippen LogP contribution is -2.04. The summed E-state index contributed by atoms with van der Waals surface area (Å²) in [5.74, 6) is 0.476. The first-order chi connectivity index (χ1) is 7.63. The number of hydrogen-bond acceptors (Lipinski definition) is 3. The minimum absolute atomic E-state index is 0.476. The van der Waals surface area contributed by atoms with Gasteiger partial charge in [0.15, 0.2) is 0 Å². The highest BCUT2D eigenvalue weighted by atomic mass is 35.5. The van der Waals surface area contributed by atoms with Crippen LogP contribution in [0.15, 0.2) is 21.9 Å². The van der Waals surface area contributed by atoms with Gasteiger partial charge < -0.3 is 5.73 Å². The van der Waals surface area contributed by atoms with E-state index in [0.717, 1.165) is 18.0 Å². The van der Waals surface area contributed by atoms with Crippen molar-refractivity contribution in [3.05, 3.63) is 22.7 Å². The fraction of sp³-hybridized carbons (Fsp3) is 0.500. The average molecular weight is 276 g/mol. The van der Waals surface area contributed by atoms with Crippen molar-refractivity contribution in [3.8, 4) is 0 Å². The number of rotatable bonds is 5. The van der Waals surface area contributed by atoms with Crippen molar-refractivity contribution in [2.45, 2.75) is 29.1 Å². The van der Waals surface area contributed by atoms with E-state index < -0.39 is 0 Å². The maximum absolute atomic E-state index is 6.29. The highest BCUT2D eigenvalue weighted by molar-refractivity contribution is 8.01. The summed E-state index contributed by atoms with van der Waals surface area (Å²) in [6, 6.07) is 4.32. The Morgan fingerprint density at radius 1 is 1.31 bits per heavy atom. The normalized spacial score (nSPS) is 12.8. The Kier molecular flexibility index (Phi) is 6.05. The molecule has 4 heteroatoms. The zero-order valence-electron chi connectivity index (χ0n) is 9.92. The maximum atomic E-state index is 6.29. The fourth-order valence-electron chi connectivity index (χ4n) is 1.64. The molecule has 0 spiro atoms. The molecule has 16 heavy (non-hydrogen) atoms. The summed E-state index contributed by atoms with van der Waals surface area (Å²) >= 11 is 9.74. The molecule has 0 saturated carbocycles. The predicted octanol–water partition coefficient (Wildman–Crippen LogP) is 4.24. The quantitative estimate of drug-likeness (QED) is 0.814. The maximum Gasteiger partial charge on any atom is 0.0555 e. The Morgan fingerprint density at radius 3 is 2.50 bits per heavy atom. The molecule has 1 aromatic carbocycles. The SMILES string of the molecule is CSc1cc(C(C)CCN)cc(Cl)c1SC. The smallest absolute Gasteiger partial charge is 0.0555 e. The van der Waals surface area contributed by atoms with Crippen LogP contribution < -0.4 is 5.73 Å². The van der Waals surface area contributed by atoms with E-state index in [-0.39, 0.29) is 0 Å². The standard InChI is InChI=1S/C12H18ClNS2/c1-8(4-5-14)9-6-10(13)12(16-3)11(7-9)15-2/h6-8H,4-5,14H2,1-3H3. The highest BCUT2D eigenvalue weighted by Crippen LogP contribution is 2.37. The Labute approximate surface area is 112 Å². The summed E-state index contributed by atoms with van der Waals surface area (Å²) in [6.45, 7) is 2.92. The molecule has 90 valence electrons. The summed E-state index contributed by atoms with van der Waals surface area (Å²) in [4.78, 5) is 2.44. The van der Waals surface area contributed by atoms with Gasteiger partial charge in [0.05, 0.1) is 5.02 Å². The van der Waals surface area contributed by atoms with E-state index in [1.165, 1.54) is 15.4 Å². The lowest BCUT2D eigenvalue weighted by Gasteiger charge is -2.15. The van der Waals surface area contributed by atoms with E-state index in [2.05, 4.69) is 31.6 Å². The molecule has 0 aliphatic heterocycles. The molecule has 0 saturated heterocycles. The van der Waals surface area contributed by atoms with Crippen molar-refractivity contribution in [2.24, 2.45) is 5.73 Å². The molecule has 0 radical (unpaired) electrons. The van der Waals surface area contributed by atoms with Crippen molar-refractivity contribution < 1.29 is 0 Å². The third-order valence-corrected chi connectivity index (χ3v) is 4.77. The van der Waals surface area contributed by atoms with Crippen LogP contribution in [-0.2, 0) is 0 Å². The monoisotopic (exact) mass is 275 g/mol. The Bertz CT molecular complexity index is 355. The second kappa shape index (κ2) is 6.80. The molecule has 1 rings (SSSR count). The number of benzene rings is 1. The van der Waals surface area contributed by atoms with Gasteiger partial charge in [0.1, 0.15) is 0 Å². The summed E-state index contributed by atoms with van der Waals surface area (Å²) in [6.07, 6.45) is 5.15. The zero-order valence-corrected chi connectivity index (χ0v) is 12.3. The zero-order chi connectivity index (χ0) is 12.1. The van der Waals surface area contributed by atoms with Crippen LogP contribution in [0.25, 0.3) is 0 Å². The molecule has 1 atom stereocenters. The molecular weight excluding hydrogens is 258 g/mol. The largest absolute Gasteiger partial charge is 0.330 e. The summed E-state index contributed by atoms with van der Waals surface area (Å²) in [5, 5.41) is 0.859. The van der Waals surface area contributed by atoms with Gasteiger partial charge in [-0.15, -0.1) is 23.5 Å². The Hall–Kier alpha value is 0.170. The second-order valence-electron chi connectivity index (χ2n) is 3.72. The fourth-order valence-corrected chi connectivity index (χ4v) is 3.72. The molecule has 2 N–H and O–H groups in total. The van der Waals surface area contributed by atoms with Gasteiger partial charge in [-0.2, -0.15) is 0 Å². The topological polar surface area (TPSA) is 26.0 Å². The van der Waals surface area contributed by atoms with Crippen molar-refractivity contribution in [2.75, 3.05) is 19.1 Å². The minimum atomic E-state index is 0.476. The van der Waals surface area contributed by atoms with Crippen molar-refractivity contribution in [1.29, 1.82) is 0 Å². The molecule has 0 aliphatic carbocycles. The van der Waals surface area contributed by atoms with Gasteiger partial charge in [-0.3, -0.25) is 0 Å². The van der Waals surface area contributed by atoms with Crippen LogP contribution in [0, 0.1) is 0 Å². The number of nitrogens with two attached hydrogens (primary N) is 1. The van der Waals surface area contributed by atoms with Gasteiger partial charge in [0.25, 0.3) is 0 Å². The van der Waals surface area contributed by atoms with Gasteiger partial charge in [0, 0.05) is 9.79 Å². The highest BCUT2D eigenvalue weighted by Gasteiger charge is 2.12. The Balaban J connectivity index is 3.09. The molecule has 1 nitrogen and oxygen atoms in total. The van der Waals surface area contributed by atoms with Gasteiger partial charge >= 0.3 is 0 Å². The van der Waals surface area contributed by atoms with Crippen LogP contribution in [0.1, 0.15) is 24.8 Å².